The number of aromatic nitrogens is 1. The average molecular weight is 300 g/mol. The molecule has 112 valence electrons. The van der Waals surface area contributed by atoms with Gasteiger partial charge in [0.05, 0.1) is 12.2 Å². The maximum Gasteiger partial charge on any atom is 0.573 e. The monoisotopic (exact) mass is 300 g/mol. The lowest BCUT2D eigenvalue weighted by Crippen LogP contribution is -2.24. The van der Waals surface area contributed by atoms with E-state index in [1.165, 1.54) is 30.5 Å². The van der Waals surface area contributed by atoms with Gasteiger partial charge in [0.2, 0.25) is 0 Å². The molecule has 1 heterocycles. The lowest BCUT2D eigenvalue weighted by atomic mass is 10.3. The molecule has 1 aromatic carbocycles. The van der Waals surface area contributed by atoms with Crippen LogP contribution in [-0.4, -0.2) is 17.5 Å². The summed E-state index contributed by atoms with van der Waals surface area (Å²) in [5.74, 6) is -0.471. The average Bonchev–Trinajstić information content (AvgIpc) is 2.90. The number of rotatable bonds is 4. The first-order valence-corrected chi connectivity index (χ1v) is 5.75. The summed E-state index contributed by atoms with van der Waals surface area (Å²) in [6.45, 7) is 0.137. The number of aliphatic imine (C=N–C) groups is 1. The van der Waals surface area contributed by atoms with Gasteiger partial charge in [0.25, 0.3) is 0 Å². The van der Waals surface area contributed by atoms with E-state index in [1.807, 2.05) is 0 Å². The molecule has 21 heavy (non-hydrogen) atoms. The van der Waals surface area contributed by atoms with E-state index in [0.29, 0.717) is 5.69 Å². The minimum absolute atomic E-state index is 0.0521. The molecule has 2 aromatic rings. The Morgan fingerprint density at radius 3 is 2.76 bits per heavy atom. The number of nitrogens with zero attached hydrogens (tertiary/aromatic N) is 2. The van der Waals surface area contributed by atoms with E-state index in [-0.39, 0.29) is 18.2 Å². The molecule has 0 aliphatic heterocycles. The van der Waals surface area contributed by atoms with Gasteiger partial charge in [-0.1, -0.05) is 17.3 Å². The van der Waals surface area contributed by atoms with Crippen LogP contribution in [0.25, 0.3) is 0 Å². The first-order chi connectivity index (χ1) is 9.94. The number of alkyl halides is 3. The van der Waals surface area contributed by atoms with Gasteiger partial charge in [0.15, 0.2) is 11.7 Å². The maximum atomic E-state index is 12.3. The summed E-state index contributed by atoms with van der Waals surface area (Å²) in [6, 6.07) is 7.10. The second-order valence-corrected chi connectivity index (χ2v) is 3.86. The summed E-state index contributed by atoms with van der Waals surface area (Å²) < 4.78 is 45.3. The molecule has 0 amide bonds. The molecular formula is C12H11F3N4O2. The summed E-state index contributed by atoms with van der Waals surface area (Å²) in [5.41, 5.74) is 6.19. The van der Waals surface area contributed by atoms with E-state index in [1.54, 1.807) is 6.07 Å². The van der Waals surface area contributed by atoms with Crippen molar-refractivity contribution in [1.82, 2.24) is 5.16 Å². The third-order valence-corrected chi connectivity index (χ3v) is 2.28. The van der Waals surface area contributed by atoms with E-state index < -0.39 is 12.1 Å². The summed E-state index contributed by atoms with van der Waals surface area (Å²) in [7, 11) is 0. The number of guanidine groups is 1. The number of nitrogens with one attached hydrogen (secondary N) is 1. The molecular weight excluding hydrogens is 289 g/mol. The van der Waals surface area contributed by atoms with Crippen LogP contribution in [0.2, 0.25) is 0 Å². The van der Waals surface area contributed by atoms with Crippen molar-refractivity contribution >= 4 is 11.6 Å². The minimum Gasteiger partial charge on any atom is -0.404 e. The Labute approximate surface area is 117 Å². The molecule has 0 unspecified atom stereocenters. The Kier molecular flexibility index (Phi) is 4.31. The van der Waals surface area contributed by atoms with Gasteiger partial charge in [-0.25, -0.2) is 4.99 Å². The lowest BCUT2D eigenvalue weighted by molar-refractivity contribution is -0.274. The quantitative estimate of drug-likeness (QED) is 0.669. The van der Waals surface area contributed by atoms with Crippen LogP contribution in [0.4, 0.5) is 18.9 Å². The number of anilines is 1. The van der Waals surface area contributed by atoms with E-state index in [2.05, 4.69) is 24.7 Å². The van der Waals surface area contributed by atoms with Crippen molar-refractivity contribution in [2.24, 2.45) is 10.7 Å². The molecule has 1 aromatic heterocycles. The number of para-hydroxylation sites is 2. The van der Waals surface area contributed by atoms with Gasteiger partial charge in [-0.3, -0.25) is 0 Å². The van der Waals surface area contributed by atoms with Crippen LogP contribution in [0.15, 0.2) is 46.1 Å². The predicted octanol–water partition coefficient (Wildman–Crippen LogP) is 2.50. The fourth-order valence-electron chi connectivity index (χ4n) is 1.45. The molecule has 0 fully saturated rings. The summed E-state index contributed by atoms with van der Waals surface area (Å²) in [4.78, 5) is 3.92. The standard InChI is InChI=1S/C12H11F3N4O2/c13-12(14,15)21-10-4-2-1-3-9(10)18-11(16)17-7-8-5-6-20-19-8/h1-6H,7H2,(H3,16,17,18). The first kappa shape index (κ1) is 14.7. The summed E-state index contributed by atoms with van der Waals surface area (Å²) >= 11 is 0. The molecule has 0 bridgehead atoms. The third-order valence-electron chi connectivity index (χ3n) is 2.28. The fraction of sp³-hybridized carbons (Fsp3) is 0.167. The minimum atomic E-state index is -4.79. The van der Waals surface area contributed by atoms with Gasteiger partial charge in [-0.15, -0.1) is 13.2 Å². The van der Waals surface area contributed by atoms with E-state index in [4.69, 9.17) is 5.73 Å². The summed E-state index contributed by atoms with van der Waals surface area (Å²) in [6.07, 6.45) is -3.41. The number of ether oxygens (including phenoxy) is 1. The van der Waals surface area contributed by atoms with E-state index in [0.717, 1.165) is 0 Å². The molecule has 6 nitrogen and oxygen atoms in total. The van der Waals surface area contributed by atoms with Crippen molar-refractivity contribution in [3.05, 3.63) is 42.3 Å². The van der Waals surface area contributed by atoms with Crippen LogP contribution in [0.1, 0.15) is 5.69 Å². The van der Waals surface area contributed by atoms with Crippen molar-refractivity contribution in [2.45, 2.75) is 12.9 Å². The SMILES string of the molecule is NC(=NCc1ccon1)Nc1ccccc1OC(F)(F)F. The number of halogens is 3. The van der Waals surface area contributed by atoms with Crippen LogP contribution in [-0.2, 0) is 6.54 Å². The van der Waals surface area contributed by atoms with Crippen LogP contribution >= 0.6 is 0 Å². The highest BCUT2D eigenvalue weighted by Crippen LogP contribution is 2.29. The van der Waals surface area contributed by atoms with Crippen LogP contribution < -0.4 is 15.8 Å². The van der Waals surface area contributed by atoms with Crippen molar-refractivity contribution in [1.29, 1.82) is 0 Å². The number of nitrogens with two attached hydrogens (primary N) is 1. The number of hydrogen-bond donors (Lipinski definition) is 2. The predicted molar refractivity (Wildman–Crippen MR) is 68.6 cm³/mol. The lowest BCUT2D eigenvalue weighted by Gasteiger charge is -2.13. The number of benzene rings is 1. The highest BCUT2D eigenvalue weighted by molar-refractivity contribution is 5.93. The molecule has 3 N–H and O–H groups in total. The highest BCUT2D eigenvalue weighted by Gasteiger charge is 2.32. The first-order valence-electron chi connectivity index (χ1n) is 5.75. The zero-order chi connectivity index (χ0) is 15.3. The largest absolute Gasteiger partial charge is 0.573 e. The zero-order valence-electron chi connectivity index (χ0n) is 10.6. The van der Waals surface area contributed by atoms with Gasteiger partial charge in [0.1, 0.15) is 12.0 Å². The molecule has 0 saturated heterocycles. The Morgan fingerprint density at radius 1 is 1.33 bits per heavy atom. The maximum absolute atomic E-state index is 12.3. The Balaban J connectivity index is 2.06. The van der Waals surface area contributed by atoms with Crippen molar-refractivity contribution < 1.29 is 22.4 Å². The van der Waals surface area contributed by atoms with Gasteiger partial charge >= 0.3 is 6.36 Å². The van der Waals surface area contributed by atoms with Crippen molar-refractivity contribution in [3.63, 3.8) is 0 Å². The van der Waals surface area contributed by atoms with Gasteiger partial charge in [0, 0.05) is 6.07 Å². The molecule has 0 spiro atoms. The Bertz CT molecular complexity index is 611. The van der Waals surface area contributed by atoms with Crippen LogP contribution in [0.5, 0.6) is 5.75 Å². The van der Waals surface area contributed by atoms with Crippen molar-refractivity contribution in [2.75, 3.05) is 5.32 Å². The highest BCUT2D eigenvalue weighted by atomic mass is 19.4. The van der Waals surface area contributed by atoms with Gasteiger partial charge in [-0.2, -0.15) is 0 Å². The van der Waals surface area contributed by atoms with E-state index in [9.17, 15) is 13.2 Å². The molecule has 0 atom stereocenters. The third kappa shape index (κ3) is 4.71. The van der Waals surface area contributed by atoms with Crippen LogP contribution in [0, 0.1) is 0 Å². The topological polar surface area (TPSA) is 85.7 Å². The van der Waals surface area contributed by atoms with E-state index >= 15 is 0 Å². The molecule has 0 radical (unpaired) electrons. The Morgan fingerprint density at radius 2 is 2.10 bits per heavy atom. The normalized spacial score (nSPS) is 12.2. The second kappa shape index (κ2) is 6.16. The Hall–Kier alpha value is -2.71. The molecule has 0 aliphatic carbocycles. The number of hydrogen-bond acceptors (Lipinski definition) is 4. The smallest absolute Gasteiger partial charge is 0.404 e. The van der Waals surface area contributed by atoms with Gasteiger partial charge in [-0.05, 0) is 12.1 Å². The van der Waals surface area contributed by atoms with Gasteiger partial charge < -0.3 is 20.3 Å². The second-order valence-electron chi connectivity index (χ2n) is 3.86. The van der Waals surface area contributed by atoms with Crippen molar-refractivity contribution in [3.8, 4) is 5.75 Å². The zero-order valence-corrected chi connectivity index (χ0v) is 10.6. The molecule has 9 heteroatoms. The summed E-state index contributed by atoms with van der Waals surface area (Å²) in [5, 5.41) is 6.16. The molecule has 2 rings (SSSR count). The van der Waals surface area contributed by atoms with Crippen LogP contribution in [0.3, 0.4) is 0 Å². The molecule has 0 aliphatic rings. The fourth-order valence-corrected chi connectivity index (χ4v) is 1.45. The molecule has 0 saturated carbocycles.